The van der Waals surface area contributed by atoms with E-state index in [1.165, 1.54) is 19.3 Å². The predicted molar refractivity (Wildman–Crippen MR) is 72.0 cm³/mol. The zero-order chi connectivity index (χ0) is 13.0. The lowest BCUT2D eigenvalue weighted by molar-refractivity contribution is -0.127. The van der Waals surface area contributed by atoms with Gasteiger partial charge in [-0.1, -0.05) is 25.3 Å². The Labute approximate surface area is 109 Å². The third-order valence-electron chi connectivity index (χ3n) is 3.79. The molecule has 1 aliphatic rings. The molecule has 0 radical (unpaired) electrons. The Balaban J connectivity index is 2.01. The van der Waals surface area contributed by atoms with Crippen molar-refractivity contribution in [3.63, 3.8) is 0 Å². The molecule has 1 aromatic heterocycles. The Morgan fingerprint density at radius 2 is 2.06 bits per heavy atom. The molecule has 0 atom stereocenters. The first kappa shape index (κ1) is 13.1. The molecule has 3 heteroatoms. The van der Waals surface area contributed by atoms with E-state index in [-0.39, 0.29) is 17.4 Å². The second kappa shape index (κ2) is 5.51. The lowest BCUT2D eigenvalue weighted by Crippen LogP contribution is -2.44. The summed E-state index contributed by atoms with van der Waals surface area (Å²) in [6.45, 7) is 4.06. The highest BCUT2D eigenvalue weighted by Crippen LogP contribution is 2.26. The van der Waals surface area contributed by atoms with Gasteiger partial charge in [0.05, 0.1) is 5.54 Å². The van der Waals surface area contributed by atoms with Crippen molar-refractivity contribution in [1.29, 1.82) is 0 Å². The molecule has 1 amide bonds. The van der Waals surface area contributed by atoms with Crippen LogP contribution in [-0.2, 0) is 10.3 Å². The molecule has 18 heavy (non-hydrogen) atoms. The Hall–Kier alpha value is -1.38. The first-order valence-corrected chi connectivity index (χ1v) is 6.82. The third kappa shape index (κ3) is 3.09. The number of hydrogen-bond donors (Lipinski definition) is 1. The molecule has 0 aliphatic heterocycles. The minimum absolute atomic E-state index is 0.198. The summed E-state index contributed by atoms with van der Waals surface area (Å²) in [6, 6.07) is 3.91. The monoisotopic (exact) mass is 246 g/mol. The second-order valence-electron chi connectivity index (χ2n) is 5.69. The van der Waals surface area contributed by atoms with Crippen LogP contribution in [0.25, 0.3) is 0 Å². The van der Waals surface area contributed by atoms with E-state index in [1.807, 2.05) is 32.2 Å². The van der Waals surface area contributed by atoms with Crippen LogP contribution < -0.4 is 5.32 Å². The van der Waals surface area contributed by atoms with Gasteiger partial charge in [0.2, 0.25) is 5.91 Å². The van der Waals surface area contributed by atoms with Crippen molar-refractivity contribution in [2.45, 2.75) is 51.5 Å². The van der Waals surface area contributed by atoms with Crippen LogP contribution in [0.1, 0.15) is 51.5 Å². The molecule has 98 valence electrons. The Bertz CT molecular complexity index is 394. The maximum absolute atomic E-state index is 12.3. The van der Waals surface area contributed by atoms with E-state index in [1.54, 1.807) is 6.20 Å². The Morgan fingerprint density at radius 3 is 2.67 bits per heavy atom. The average Bonchev–Trinajstić information content (AvgIpc) is 2.40. The standard InChI is InChI=1S/C15H22N2O/c1-15(2,13-9-6-10-16-11-13)17-14(18)12-7-4-3-5-8-12/h6,9-12H,3-5,7-8H2,1-2H3,(H,17,18). The molecule has 0 aromatic carbocycles. The van der Waals surface area contributed by atoms with Crippen LogP contribution in [-0.4, -0.2) is 10.9 Å². The minimum Gasteiger partial charge on any atom is -0.347 e. The normalized spacial score (nSPS) is 17.4. The van der Waals surface area contributed by atoms with Crippen LogP contribution in [0.4, 0.5) is 0 Å². The predicted octanol–water partition coefficient (Wildman–Crippen LogP) is 3.01. The van der Waals surface area contributed by atoms with E-state index >= 15 is 0 Å². The second-order valence-corrected chi connectivity index (χ2v) is 5.69. The largest absolute Gasteiger partial charge is 0.347 e. The summed E-state index contributed by atoms with van der Waals surface area (Å²) in [7, 11) is 0. The smallest absolute Gasteiger partial charge is 0.223 e. The average molecular weight is 246 g/mol. The van der Waals surface area contributed by atoms with Crippen LogP contribution >= 0.6 is 0 Å². The molecule has 0 bridgehead atoms. The molecule has 1 fully saturated rings. The Kier molecular flexibility index (Phi) is 4.00. The number of amides is 1. The maximum Gasteiger partial charge on any atom is 0.223 e. The third-order valence-corrected chi connectivity index (χ3v) is 3.79. The van der Waals surface area contributed by atoms with Crippen molar-refractivity contribution in [1.82, 2.24) is 10.3 Å². The fourth-order valence-corrected chi connectivity index (χ4v) is 2.58. The van der Waals surface area contributed by atoms with E-state index in [4.69, 9.17) is 0 Å². The van der Waals surface area contributed by atoms with Gasteiger partial charge >= 0.3 is 0 Å². The molecule has 1 N–H and O–H groups in total. The van der Waals surface area contributed by atoms with Gasteiger partial charge in [0.15, 0.2) is 0 Å². The Morgan fingerprint density at radius 1 is 1.33 bits per heavy atom. The number of carbonyl (C=O) groups excluding carboxylic acids is 1. The fourth-order valence-electron chi connectivity index (χ4n) is 2.58. The molecule has 2 rings (SSSR count). The number of aromatic nitrogens is 1. The van der Waals surface area contributed by atoms with E-state index in [2.05, 4.69) is 10.3 Å². The summed E-state index contributed by atoms with van der Waals surface area (Å²) in [5.74, 6) is 0.401. The van der Waals surface area contributed by atoms with E-state index < -0.39 is 0 Å². The van der Waals surface area contributed by atoms with Gasteiger partial charge in [0.25, 0.3) is 0 Å². The molecule has 0 unspecified atom stereocenters. The molecule has 1 saturated carbocycles. The van der Waals surface area contributed by atoms with Crippen molar-refractivity contribution < 1.29 is 4.79 Å². The van der Waals surface area contributed by atoms with Gasteiger partial charge in [0.1, 0.15) is 0 Å². The van der Waals surface area contributed by atoms with Crippen molar-refractivity contribution in [3.05, 3.63) is 30.1 Å². The molecule has 3 nitrogen and oxygen atoms in total. The van der Waals surface area contributed by atoms with Crippen molar-refractivity contribution >= 4 is 5.91 Å². The summed E-state index contributed by atoms with van der Waals surface area (Å²) in [6.07, 6.45) is 9.29. The highest BCUT2D eigenvalue weighted by atomic mass is 16.2. The molecular weight excluding hydrogens is 224 g/mol. The van der Waals surface area contributed by atoms with Gasteiger partial charge in [-0.3, -0.25) is 9.78 Å². The number of rotatable bonds is 3. The highest BCUT2D eigenvalue weighted by Gasteiger charge is 2.28. The molecule has 0 spiro atoms. The van der Waals surface area contributed by atoms with Crippen LogP contribution in [0, 0.1) is 5.92 Å². The van der Waals surface area contributed by atoms with E-state index in [0.717, 1.165) is 18.4 Å². The summed E-state index contributed by atoms with van der Waals surface area (Å²) in [5.41, 5.74) is 0.706. The number of carbonyl (C=O) groups is 1. The number of nitrogens with zero attached hydrogens (tertiary/aromatic N) is 1. The summed E-state index contributed by atoms with van der Waals surface area (Å²) in [4.78, 5) is 16.4. The molecule has 0 saturated heterocycles. The van der Waals surface area contributed by atoms with Gasteiger partial charge in [0, 0.05) is 18.3 Å². The fraction of sp³-hybridized carbons (Fsp3) is 0.600. The van der Waals surface area contributed by atoms with Crippen LogP contribution in [0.15, 0.2) is 24.5 Å². The number of nitrogens with one attached hydrogen (secondary N) is 1. The topological polar surface area (TPSA) is 42.0 Å². The van der Waals surface area contributed by atoms with E-state index in [9.17, 15) is 4.79 Å². The zero-order valence-electron chi connectivity index (χ0n) is 11.3. The zero-order valence-corrected chi connectivity index (χ0v) is 11.3. The van der Waals surface area contributed by atoms with Crippen molar-refractivity contribution in [2.24, 2.45) is 5.92 Å². The maximum atomic E-state index is 12.3. The van der Waals surface area contributed by atoms with Gasteiger partial charge in [-0.05, 0) is 38.3 Å². The minimum atomic E-state index is -0.344. The van der Waals surface area contributed by atoms with Crippen LogP contribution in [0.3, 0.4) is 0 Å². The first-order valence-electron chi connectivity index (χ1n) is 6.82. The highest BCUT2D eigenvalue weighted by molar-refractivity contribution is 5.79. The summed E-state index contributed by atoms with van der Waals surface area (Å²) >= 11 is 0. The van der Waals surface area contributed by atoms with Gasteiger partial charge < -0.3 is 5.32 Å². The SMILES string of the molecule is CC(C)(NC(=O)C1CCCCC1)c1cccnc1. The lowest BCUT2D eigenvalue weighted by Gasteiger charge is -2.30. The molecule has 1 aliphatic carbocycles. The molecule has 1 aromatic rings. The van der Waals surface area contributed by atoms with Gasteiger partial charge in [-0.2, -0.15) is 0 Å². The van der Waals surface area contributed by atoms with Gasteiger partial charge in [-0.25, -0.2) is 0 Å². The summed E-state index contributed by atoms with van der Waals surface area (Å²) in [5, 5.41) is 3.16. The van der Waals surface area contributed by atoms with Gasteiger partial charge in [-0.15, -0.1) is 0 Å². The molecule has 1 heterocycles. The first-order chi connectivity index (χ1) is 8.59. The summed E-state index contributed by atoms with van der Waals surface area (Å²) < 4.78 is 0. The lowest BCUT2D eigenvalue weighted by atomic mass is 9.87. The van der Waals surface area contributed by atoms with E-state index in [0.29, 0.717) is 0 Å². The quantitative estimate of drug-likeness (QED) is 0.890. The molecular formula is C15H22N2O. The number of pyridine rings is 1. The van der Waals surface area contributed by atoms with Crippen LogP contribution in [0.5, 0.6) is 0 Å². The van der Waals surface area contributed by atoms with Crippen molar-refractivity contribution in [3.8, 4) is 0 Å². The van der Waals surface area contributed by atoms with Crippen LogP contribution in [0.2, 0.25) is 0 Å². The number of hydrogen-bond acceptors (Lipinski definition) is 2. The van der Waals surface area contributed by atoms with Crippen molar-refractivity contribution in [2.75, 3.05) is 0 Å².